The number of hydrogen-bond donors (Lipinski definition) is 2. The molecule has 3 nitrogen and oxygen atoms in total. The molecule has 1 fully saturated rings. The Bertz CT molecular complexity index is 529. The minimum Gasteiger partial charge on any atom is -0.362 e. The molecular formula is C17H25F2N3S. The number of hydrogen-bond acceptors (Lipinski definition) is 2. The Morgan fingerprint density at radius 3 is 2.57 bits per heavy atom. The van der Waals surface area contributed by atoms with E-state index in [-0.39, 0.29) is 0 Å². The van der Waals surface area contributed by atoms with Crippen molar-refractivity contribution in [1.29, 1.82) is 0 Å². The maximum Gasteiger partial charge on any atom is 0.170 e. The van der Waals surface area contributed by atoms with Gasteiger partial charge in [-0.25, -0.2) is 8.78 Å². The van der Waals surface area contributed by atoms with Gasteiger partial charge in [-0.3, -0.25) is 0 Å². The molecule has 6 heteroatoms. The van der Waals surface area contributed by atoms with E-state index in [4.69, 9.17) is 12.2 Å². The first-order valence-electron chi connectivity index (χ1n) is 8.16. The zero-order valence-electron chi connectivity index (χ0n) is 13.7. The van der Waals surface area contributed by atoms with Crippen LogP contribution in [0.2, 0.25) is 0 Å². The van der Waals surface area contributed by atoms with E-state index in [1.54, 1.807) is 0 Å². The van der Waals surface area contributed by atoms with Crippen LogP contribution in [0.15, 0.2) is 18.2 Å². The molecule has 1 heterocycles. The average Bonchev–Trinajstić information content (AvgIpc) is 2.46. The summed E-state index contributed by atoms with van der Waals surface area (Å²) in [6.45, 7) is 8.76. The lowest BCUT2D eigenvalue weighted by Crippen LogP contribution is -2.40. The van der Waals surface area contributed by atoms with Crippen LogP contribution in [0.3, 0.4) is 0 Å². The van der Waals surface area contributed by atoms with E-state index in [0.717, 1.165) is 43.5 Å². The molecule has 0 saturated carbocycles. The van der Waals surface area contributed by atoms with E-state index in [0.29, 0.717) is 10.8 Å². The maximum absolute atomic E-state index is 13.1. The Hall–Kier alpha value is -1.27. The third-order valence-corrected chi connectivity index (χ3v) is 4.31. The number of thiocarbonyl (C=S) groups is 1. The minimum absolute atomic E-state index is 0.427. The standard InChI is InChI=1S/C17H25F2N3S/c1-12-8-13(2)11-22(10-12)7-3-6-20-17(23)21-14-4-5-15(18)16(19)9-14/h4-5,9,12-13H,3,6-8,10-11H2,1-2H3,(H2,20,21,23)/t12-,13-/m0/s1. The van der Waals surface area contributed by atoms with Crippen LogP contribution in [0.25, 0.3) is 0 Å². The highest BCUT2D eigenvalue weighted by molar-refractivity contribution is 7.80. The Labute approximate surface area is 142 Å². The molecule has 1 aliphatic rings. The fourth-order valence-corrected chi connectivity index (χ4v) is 3.45. The van der Waals surface area contributed by atoms with Gasteiger partial charge in [-0.05, 0) is 55.6 Å². The summed E-state index contributed by atoms with van der Waals surface area (Å²) in [5.41, 5.74) is 0.445. The maximum atomic E-state index is 13.1. The van der Waals surface area contributed by atoms with Gasteiger partial charge in [0.2, 0.25) is 0 Å². The SMILES string of the molecule is C[C@H]1C[C@H](C)CN(CCCNC(=S)Nc2ccc(F)c(F)c2)C1. The molecule has 128 valence electrons. The van der Waals surface area contributed by atoms with Gasteiger partial charge in [-0.1, -0.05) is 13.8 Å². The quantitative estimate of drug-likeness (QED) is 0.632. The number of halogens is 2. The summed E-state index contributed by atoms with van der Waals surface area (Å²) < 4.78 is 26.0. The predicted octanol–water partition coefficient (Wildman–Crippen LogP) is 3.62. The first-order valence-corrected chi connectivity index (χ1v) is 8.57. The van der Waals surface area contributed by atoms with Gasteiger partial charge in [0.1, 0.15) is 0 Å². The molecule has 1 aromatic rings. The second-order valence-electron chi connectivity index (χ2n) is 6.57. The third-order valence-electron chi connectivity index (χ3n) is 4.06. The van der Waals surface area contributed by atoms with Crippen molar-refractivity contribution < 1.29 is 8.78 Å². The smallest absolute Gasteiger partial charge is 0.170 e. The molecular weight excluding hydrogens is 316 g/mol. The molecule has 1 aliphatic heterocycles. The molecule has 0 unspecified atom stereocenters. The monoisotopic (exact) mass is 341 g/mol. The Kier molecular flexibility index (Phi) is 6.72. The number of anilines is 1. The lowest BCUT2D eigenvalue weighted by atomic mass is 9.92. The summed E-state index contributed by atoms with van der Waals surface area (Å²) in [7, 11) is 0. The highest BCUT2D eigenvalue weighted by Gasteiger charge is 2.20. The molecule has 0 aromatic heterocycles. The average molecular weight is 341 g/mol. The normalized spacial score (nSPS) is 21.9. The summed E-state index contributed by atoms with van der Waals surface area (Å²) in [6.07, 6.45) is 2.32. The second kappa shape index (κ2) is 8.55. The van der Waals surface area contributed by atoms with E-state index >= 15 is 0 Å². The third kappa shape index (κ3) is 6.03. The number of rotatable bonds is 5. The molecule has 23 heavy (non-hydrogen) atoms. The van der Waals surface area contributed by atoms with Crippen molar-refractivity contribution in [1.82, 2.24) is 10.2 Å². The number of piperidine rings is 1. The van der Waals surface area contributed by atoms with Crippen molar-refractivity contribution in [2.24, 2.45) is 11.8 Å². The molecule has 0 amide bonds. The Morgan fingerprint density at radius 2 is 1.91 bits per heavy atom. The zero-order chi connectivity index (χ0) is 16.8. The first-order chi connectivity index (χ1) is 10.9. The van der Waals surface area contributed by atoms with Crippen LogP contribution in [-0.4, -0.2) is 36.2 Å². The lowest BCUT2D eigenvalue weighted by molar-refractivity contribution is 0.140. The highest BCUT2D eigenvalue weighted by Crippen LogP contribution is 2.20. The van der Waals surface area contributed by atoms with Gasteiger partial charge in [-0.15, -0.1) is 0 Å². The van der Waals surface area contributed by atoms with E-state index in [9.17, 15) is 8.78 Å². The molecule has 1 aromatic carbocycles. The fraction of sp³-hybridized carbons (Fsp3) is 0.588. The van der Waals surface area contributed by atoms with Gasteiger partial charge < -0.3 is 15.5 Å². The van der Waals surface area contributed by atoms with Crippen LogP contribution in [-0.2, 0) is 0 Å². The molecule has 2 N–H and O–H groups in total. The summed E-state index contributed by atoms with van der Waals surface area (Å²) in [4.78, 5) is 2.51. The summed E-state index contributed by atoms with van der Waals surface area (Å²) in [6, 6.07) is 3.64. The summed E-state index contributed by atoms with van der Waals surface area (Å²) >= 11 is 5.17. The topological polar surface area (TPSA) is 27.3 Å². The van der Waals surface area contributed by atoms with Crippen LogP contribution in [0.1, 0.15) is 26.7 Å². The van der Waals surface area contributed by atoms with Crippen LogP contribution in [0.5, 0.6) is 0 Å². The van der Waals surface area contributed by atoms with E-state index in [2.05, 4.69) is 29.4 Å². The molecule has 0 spiro atoms. The van der Waals surface area contributed by atoms with Crippen molar-refractivity contribution in [3.05, 3.63) is 29.8 Å². The van der Waals surface area contributed by atoms with Gasteiger partial charge in [0, 0.05) is 31.4 Å². The zero-order valence-corrected chi connectivity index (χ0v) is 14.6. The van der Waals surface area contributed by atoms with E-state index in [1.807, 2.05) is 0 Å². The van der Waals surface area contributed by atoms with Crippen LogP contribution < -0.4 is 10.6 Å². The molecule has 0 radical (unpaired) electrons. The van der Waals surface area contributed by atoms with Crippen molar-refractivity contribution in [2.75, 3.05) is 31.5 Å². The first kappa shape index (κ1) is 18.1. The summed E-state index contributed by atoms with van der Waals surface area (Å²) in [5, 5.41) is 6.39. The van der Waals surface area contributed by atoms with Gasteiger partial charge in [-0.2, -0.15) is 0 Å². The lowest BCUT2D eigenvalue weighted by Gasteiger charge is -2.34. The predicted molar refractivity (Wildman–Crippen MR) is 94.6 cm³/mol. The van der Waals surface area contributed by atoms with E-state index in [1.165, 1.54) is 25.6 Å². The van der Waals surface area contributed by atoms with Crippen LogP contribution in [0, 0.1) is 23.5 Å². The Morgan fingerprint density at radius 1 is 1.22 bits per heavy atom. The number of nitrogens with zero attached hydrogens (tertiary/aromatic N) is 1. The van der Waals surface area contributed by atoms with Gasteiger partial charge in [0.15, 0.2) is 16.7 Å². The minimum atomic E-state index is -0.883. The summed E-state index contributed by atoms with van der Waals surface area (Å²) in [5.74, 6) is -0.212. The van der Waals surface area contributed by atoms with Crippen LogP contribution in [0.4, 0.5) is 14.5 Å². The van der Waals surface area contributed by atoms with Crippen molar-refractivity contribution in [3.63, 3.8) is 0 Å². The van der Waals surface area contributed by atoms with Crippen molar-refractivity contribution in [3.8, 4) is 0 Å². The molecule has 0 aliphatic carbocycles. The van der Waals surface area contributed by atoms with Crippen molar-refractivity contribution in [2.45, 2.75) is 26.7 Å². The molecule has 0 bridgehead atoms. The second-order valence-corrected chi connectivity index (χ2v) is 6.98. The molecule has 2 rings (SSSR count). The largest absolute Gasteiger partial charge is 0.362 e. The molecule has 1 saturated heterocycles. The molecule has 2 atom stereocenters. The number of nitrogens with one attached hydrogen (secondary N) is 2. The highest BCUT2D eigenvalue weighted by atomic mass is 32.1. The van der Waals surface area contributed by atoms with Gasteiger partial charge >= 0.3 is 0 Å². The van der Waals surface area contributed by atoms with Gasteiger partial charge in [0.05, 0.1) is 0 Å². The number of benzene rings is 1. The van der Waals surface area contributed by atoms with E-state index < -0.39 is 11.6 Å². The van der Waals surface area contributed by atoms with Crippen molar-refractivity contribution >= 4 is 23.0 Å². The fourth-order valence-electron chi connectivity index (χ4n) is 3.23. The Balaban J connectivity index is 1.65. The number of likely N-dealkylation sites (tertiary alicyclic amines) is 1. The van der Waals surface area contributed by atoms with Gasteiger partial charge in [0.25, 0.3) is 0 Å². The van der Waals surface area contributed by atoms with Crippen LogP contribution >= 0.6 is 12.2 Å².